The van der Waals surface area contributed by atoms with Gasteiger partial charge in [0.15, 0.2) is 0 Å². The topological polar surface area (TPSA) is 26.3 Å². The van der Waals surface area contributed by atoms with Crippen molar-refractivity contribution in [3.05, 3.63) is 17.9 Å². The Morgan fingerprint density at radius 2 is 2.00 bits per heavy atom. The fraction of sp³-hybridized carbons (Fsp3) is 0.667. The highest BCUT2D eigenvalue weighted by molar-refractivity contribution is 5.75. The predicted molar refractivity (Wildman–Crippen MR) is 57.9 cm³/mol. The summed E-state index contributed by atoms with van der Waals surface area (Å²) in [6.45, 7) is 13.8. The largest absolute Gasteiger partial charge is 0.466 e. The minimum Gasteiger partial charge on any atom is -0.466 e. The first-order valence-electron chi connectivity index (χ1n) is 4.91. The third-order valence-electron chi connectivity index (χ3n) is 2.07. The van der Waals surface area contributed by atoms with Crippen LogP contribution in [0.2, 0.25) is 0 Å². The van der Waals surface area contributed by atoms with Crippen molar-refractivity contribution in [3.8, 4) is 0 Å². The monoisotopic (exact) mass is 196 g/mol. The predicted octanol–water partition coefficient (Wildman–Crippen LogP) is 2.94. The summed E-state index contributed by atoms with van der Waals surface area (Å²) in [6, 6.07) is 0. The molecule has 0 aromatic heterocycles. The molecule has 0 aliphatic rings. The Labute approximate surface area is 86.6 Å². The van der Waals surface area contributed by atoms with Crippen LogP contribution >= 0.6 is 0 Å². The van der Waals surface area contributed by atoms with Gasteiger partial charge in [-0.3, -0.25) is 4.79 Å². The summed E-state index contributed by atoms with van der Waals surface area (Å²) in [6.07, 6.45) is 0. The molecule has 0 radical (unpaired) electrons. The van der Waals surface area contributed by atoms with Crippen LogP contribution in [0.3, 0.4) is 0 Å². The first-order chi connectivity index (χ1) is 6.34. The van der Waals surface area contributed by atoms with Gasteiger partial charge in [0.25, 0.3) is 0 Å². The van der Waals surface area contributed by atoms with Gasteiger partial charge >= 0.3 is 5.97 Å². The maximum Gasteiger partial charge on any atom is 0.313 e. The van der Waals surface area contributed by atoms with Gasteiger partial charge in [-0.15, -0.1) is 5.73 Å². The van der Waals surface area contributed by atoms with Crippen LogP contribution in [0.1, 0.15) is 34.6 Å². The van der Waals surface area contributed by atoms with Gasteiger partial charge in [0, 0.05) is 0 Å². The molecule has 0 aromatic carbocycles. The smallest absolute Gasteiger partial charge is 0.313 e. The molecule has 2 nitrogen and oxygen atoms in total. The maximum atomic E-state index is 11.5. The Balaban J connectivity index is 4.74. The second kappa shape index (κ2) is 5.02. The zero-order chi connectivity index (χ0) is 11.4. The third-order valence-corrected chi connectivity index (χ3v) is 2.07. The van der Waals surface area contributed by atoms with E-state index in [1.807, 2.05) is 27.7 Å². The molecule has 0 aliphatic heterocycles. The van der Waals surface area contributed by atoms with Gasteiger partial charge in [0.05, 0.1) is 12.5 Å². The molecule has 80 valence electrons. The van der Waals surface area contributed by atoms with Gasteiger partial charge in [-0.05, 0) is 24.8 Å². The molecule has 0 aromatic rings. The van der Waals surface area contributed by atoms with Gasteiger partial charge in [-0.1, -0.05) is 27.4 Å². The van der Waals surface area contributed by atoms with Gasteiger partial charge < -0.3 is 4.74 Å². The minimum atomic E-state index is -0.257. The Hall–Kier alpha value is -1.01. The van der Waals surface area contributed by atoms with Crippen molar-refractivity contribution in [2.45, 2.75) is 34.6 Å². The fourth-order valence-electron chi connectivity index (χ4n) is 1.45. The molecule has 0 heterocycles. The van der Waals surface area contributed by atoms with E-state index < -0.39 is 0 Å². The Morgan fingerprint density at radius 3 is 2.29 bits per heavy atom. The van der Waals surface area contributed by atoms with E-state index in [0.717, 1.165) is 5.57 Å². The molecule has 0 saturated heterocycles. The summed E-state index contributed by atoms with van der Waals surface area (Å²) in [5.41, 5.74) is 3.66. The van der Waals surface area contributed by atoms with Gasteiger partial charge in [0.2, 0.25) is 0 Å². The van der Waals surface area contributed by atoms with Crippen LogP contribution in [0.15, 0.2) is 17.9 Å². The highest BCUT2D eigenvalue weighted by Gasteiger charge is 2.27. The number of esters is 1. The van der Waals surface area contributed by atoms with Crippen LogP contribution in [-0.4, -0.2) is 12.6 Å². The van der Waals surface area contributed by atoms with Crippen molar-refractivity contribution < 1.29 is 9.53 Å². The molecule has 0 aliphatic carbocycles. The summed E-state index contributed by atoms with van der Waals surface area (Å²) < 4.78 is 4.95. The van der Waals surface area contributed by atoms with Crippen molar-refractivity contribution >= 4 is 5.97 Å². The van der Waals surface area contributed by atoms with Crippen molar-refractivity contribution in [3.63, 3.8) is 0 Å². The summed E-state index contributed by atoms with van der Waals surface area (Å²) in [7, 11) is 0. The lowest BCUT2D eigenvalue weighted by atomic mass is 9.80. The summed E-state index contributed by atoms with van der Waals surface area (Å²) in [4.78, 5) is 11.5. The van der Waals surface area contributed by atoms with E-state index in [0.29, 0.717) is 6.61 Å². The molecule has 1 atom stereocenters. The van der Waals surface area contributed by atoms with Crippen molar-refractivity contribution in [2.24, 2.45) is 11.3 Å². The van der Waals surface area contributed by atoms with E-state index in [4.69, 9.17) is 4.74 Å². The average Bonchev–Trinajstić information content (AvgIpc) is 2.03. The number of carbonyl (C=O) groups excluding carboxylic acids is 1. The number of hydrogen-bond donors (Lipinski definition) is 0. The molecule has 14 heavy (non-hydrogen) atoms. The number of rotatable bonds is 3. The zero-order valence-corrected chi connectivity index (χ0v) is 9.81. The van der Waals surface area contributed by atoms with E-state index >= 15 is 0 Å². The van der Waals surface area contributed by atoms with E-state index in [2.05, 4.69) is 12.3 Å². The molecule has 0 bridgehead atoms. The highest BCUT2D eigenvalue weighted by atomic mass is 16.5. The van der Waals surface area contributed by atoms with Crippen LogP contribution in [0.25, 0.3) is 0 Å². The van der Waals surface area contributed by atoms with Gasteiger partial charge in [-0.25, -0.2) is 0 Å². The van der Waals surface area contributed by atoms with Crippen LogP contribution in [0.5, 0.6) is 0 Å². The standard InChI is InChI=1S/C12H20O2/c1-7-10(12(4,5)6)9(3)11(13)14-8-2/h9H,1,8H2,2-6H3. The summed E-state index contributed by atoms with van der Waals surface area (Å²) in [5, 5.41) is 0. The van der Waals surface area contributed by atoms with Crippen LogP contribution < -0.4 is 0 Å². The molecule has 0 spiro atoms. The third kappa shape index (κ3) is 3.39. The molecule has 1 unspecified atom stereocenters. The lowest BCUT2D eigenvalue weighted by molar-refractivity contribution is -0.146. The molecular weight excluding hydrogens is 176 g/mol. The Kier molecular flexibility index (Phi) is 4.65. The van der Waals surface area contributed by atoms with Crippen LogP contribution in [0, 0.1) is 11.3 Å². The summed E-state index contributed by atoms with van der Waals surface area (Å²) >= 11 is 0. The minimum absolute atomic E-state index is 0.0894. The Bertz CT molecular complexity index is 252. The molecule has 0 N–H and O–H groups in total. The maximum absolute atomic E-state index is 11.5. The number of ether oxygens (including phenoxy) is 1. The highest BCUT2D eigenvalue weighted by Crippen LogP contribution is 2.30. The molecular formula is C12H20O2. The average molecular weight is 196 g/mol. The molecule has 0 fully saturated rings. The van der Waals surface area contributed by atoms with Crippen molar-refractivity contribution in [1.29, 1.82) is 0 Å². The van der Waals surface area contributed by atoms with Gasteiger partial charge in [-0.2, -0.15) is 0 Å². The lowest BCUT2D eigenvalue weighted by Crippen LogP contribution is -2.23. The van der Waals surface area contributed by atoms with Crippen molar-refractivity contribution in [2.75, 3.05) is 6.61 Å². The summed E-state index contributed by atoms with van der Waals surface area (Å²) in [5.74, 6) is -0.457. The molecule has 2 heteroatoms. The first-order valence-corrected chi connectivity index (χ1v) is 4.91. The van der Waals surface area contributed by atoms with Crippen molar-refractivity contribution in [1.82, 2.24) is 0 Å². The lowest BCUT2D eigenvalue weighted by Gasteiger charge is -2.25. The number of hydrogen-bond acceptors (Lipinski definition) is 2. The SMILES string of the molecule is C=C=C(C(C)C(=O)OCC)C(C)(C)C. The Morgan fingerprint density at radius 1 is 1.50 bits per heavy atom. The van der Waals surface area contributed by atoms with E-state index in [-0.39, 0.29) is 17.3 Å². The molecule has 0 rings (SSSR count). The second-order valence-corrected chi connectivity index (χ2v) is 4.31. The van der Waals surface area contributed by atoms with Crippen LogP contribution in [-0.2, 0) is 9.53 Å². The normalized spacial score (nSPS) is 12.9. The van der Waals surface area contributed by atoms with Gasteiger partial charge in [0.1, 0.15) is 0 Å². The zero-order valence-electron chi connectivity index (χ0n) is 9.81. The van der Waals surface area contributed by atoms with E-state index in [1.165, 1.54) is 0 Å². The van der Waals surface area contributed by atoms with E-state index in [1.54, 1.807) is 6.92 Å². The quantitative estimate of drug-likeness (QED) is 0.512. The second-order valence-electron chi connectivity index (χ2n) is 4.31. The molecule has 0 saturated carbocycles. The fourth-order valence-corrected chi connectivity index (χ4v) is 1.45. The first kappa shape index (κ1) is 13.0. The number of carbonyl (C=O) groups is 1. The molecule has 0 amide bonds. The van der Waals surface area contributed by atoms with Crippen LogP contribution in [0.4, 0.5) is 0 Å². The van der Waals surface area contributed by atoms with E-state index in [9.17, 15) is 4.79 Å².